The maximum absolute atomic E-state index is 12.4. The molecule has 25 heavy (non-hydrogen) atoms. The molecule has 2 heterocycles. The lowest BCUT2D eigenvalue weighted by Crippen LogP contribution is -3.12. The van der Waals surface area contributed by atoms with Crippen molar-refractivity contribution in [2.45, 2.75) is 13.5 Å². The summed E-state index contributed by atoms with van der Waals surface area (Å²) in [4.78, 5) is 16.2. The highest BCUT2D eigenvalue weighted by atomic mass is 32.2. The van der Waals surface area contributed by atoms with Crippen molar-refractivity contribution in [3.63, 3.8) is 0 Å². The first kappa shape index (κ1) is 18.4. The van der Waals surface area contributed by atoms with E-state index in [4.69, 9.17) is 21.7 Å². The molecule has 1 N–H and O–H groups in total. The van der Waals surface area contributed by atoms with Crippen LogP contribution in [0.1, 0.15) is 18.1 Å². The zero-order valence-electron chi connectivity index (χ0n) is 14.5. The van der Waals surface area contributed by atoms with E-state index in [2.05, 4.69) is 6.07 Å². The molecule has 1 aromatic carbocycles. The second kappa shape index (κ2) is 8.31. The van der Waals surface area contributed by atoms with Crippen LogP contribution >= 0.6 is 24.0 Å². The van der Waals surface area contributed by atoms with Crippen LogP contribution in [0, 0.1) is 0 Å². The highest BCUT2D eigenvalue weighted by Crippen LogP contribution is 2.32. The standard InChI is InChI=1S/C18H22N2O3S2/c1-3-20-17(21)16(25-18(20)24)11-13-4-5-15(22-2)14(10-13)12-19-6-8-23-9-7-19/h4-5,10-11H,3,6-9,12H2,1-2H3/p+1/b16-11-. The Morgan fingerprint density at radius 1 is 1.40 bits per heavy atom. The number of carbonyl (C=O) groups is 1. The summed E-state index contributed by atoms with van der Waals surface area (Å²) in [7, 11) is 1.69. The van der Waals surface area contributed by atoms with Crippen LogP contribution in [0.2, 0.25) is 0 Å². The van der Waals surface area contributed by atoms with Gasteiger partial charge in [-0.2, -0.15) is 0 Å². The number of thioether (sulfide) groups is 1. The number of ether oxygens (including phenoxy) is 2. The fourth-order valence-electron chi connectivity index (χ4n) is 3.06. The van der Waals surface area contributed by atoms with Gasteiger partial charge in [0.25, 0.3) is 5.91 Å². The lowest BCUT2D eigenvalue weighted by molar-refractivity contribution is -0.921. The number of carbonyl (C=O) groups excluding carboxylic acids is 1. The molecule has 0 unspecified atom stereocenters. The van der Waals surface area contributed by atoms with Crippen LogP contribution in [0.4, 0.5) is 0 Å². The monoisotopic (exact) mass is 379 g/mol. The number of morpholine rings is 1. The van der Waals surface area contributed by atoms with Gasteiger partial charge in [0.1, 0.15) is 29.7 Å². The van der Waals surface area contributed by atoms with E-state index in [1.807, 2.05) is 25.1 Å². The van der Waals surface area contributed by atoms with Crippen molar-refractivity contribution in [2.24, 2.45) is 0 Å². The van der Waals surface area contributed by atoms with Crippen LogP contribution in [0.3, 0.4) is 0 Å². The highest BCUT2D eigenvalue weighted by molar-refractivity contribution is 8.26. The average Bonchev–Trinajstić information content (AvgIpc) is 2.89. The van der Waals surface area contributed by atoms with Crippen LogP contribution in [-0.2, 0) is 16.1 Å². The van der Waals surface area contributed by atoms with E-state index in [1.54, 1.807) is 12.0 Å². The molecular weight excluding hydrogens is 356 g/mol. The molecule has 2 aliphatic heterocycles. The van der Waals surface area contributed by atoms with Gasteiger partial charge >= 0.3 is 0 Å². The number of nitrogens with zero attached hydrogens (tertiary/aromatic N) is 1. The Morgan fingerprint density at radius 2 is 2.16 bits per heavy atom. The maximum Gasteiger partial charge on any atom is 0.266 e. The highest BCUT2D eigenvalue weighted by Gasteiger charge is 2.30. The van der Waals surface area contributed by atoms with E-state index in [1.165, 1.54) is 16.7 Å². The Kier molecular flexibility index (Phi) is 6.11. The van der Waals surface area contributed by atoms with Crippen molar-refractivity contribution in [2.75, 3.05) is 40.0 Å². The Bertz CT molecular complexity index is 700. The summed E-state index contributed by atoms with van der Waals surface area (Å²) in [5.41, 5.74) is 2.15. The molecule has 5 nitrogen and oxygen atoms in total. The van der Waals surface area contributed by atoms with Gasteiger partial charge in [-0.3, -0.25) is 9.69 Å². The molecule has 1 aromatic rings. The van der Waals surface area contributed by atoms with E-state index in [-0.39, 0.29) is 5.91 Å². The summed E-state index contributed by atoms with van der Waals surface area (Å²) >= 11 is 6.64. The van der Waals surface area contributed by atoms with Crippen molar-refractivity contribution in [1.82, 2.24) is 4.90 Å². The Morgan fingerprint density at radius 3 is 2.80 bits per heavy atom. The number of rotatable bonds is 5. The number of thiocarbonyl (C=S) groups is 1. The summed E-state index contributed by atoms with van der Waals surface area (Å²) < 4.78 is 11.6. The average molecular weight is 380 g/mol. The molecule has 0 aliphatic carbocycles. The molecule has 0 radical (unpaired) electrons. The normalized spacial score (nSPS) is 20.6. The maximum atomic E-state index is 12.4. The molecule has 2 saturated heterocycles. The first-order chi connectivity index (χ1) is 12.1. The number of benzene rings is 1. The van der Waals surface area contributed by atoms with Crippen molar-refractivity contribution in [1.29, 1.82) is 0 Å². The number of hydrogen-bond acceptors (Lipinski definition) is 5. The van der Waals surface area contributed by atoms with Crippen molar-refractivity contribution in [3.8, 4) is 5.75 Å². The molecule has 0 aromatic heterocycles. The molecule has 7 heteroatoms. The van der Waals surface area contributed by atoms with Gasteiger partial charge in [0, 0.05) is 12.1 Å². The van der Waals surface area contributed by atoms with Crippen molar-refractivity contribution >= 4 is 40.3 Å². The minimum absolute atomic E-state index is 0.00586. The topological polar surface area (TPSA) is 43.2 Å². The van der Waals surface area contributed by atoms with Gasteiger partial charge in [-0.05, 0) is 30.7 Å². The number of quaternary nitrogens is 1. The Hall–Kier alpha value is -1.41. The molecule has 2 aliphatic rings. The molecule has 134 valence electrons. The van der Waals surface area contributed by atoms with Crippen molar-refractivity contribution in [3.05, 3.63) is 34.2 Å². The molecule has 0 saturated carbocycles. The number of hydrogen-bond donors (Lipinski definition) is 1. The molecule has 3 rings (SSSR count). The number of likely N-dealkylation sites (N-methyl/N-ethyl adjacent to an activating group) is 1. The zero-order chi connectivity index (χ0) is 17.8. The van der Waals surface area contributed by atoms with Crippen LogP contribution in [0.5, 0.6) is 5.75 Å². The summed E-state index contributed by atoms with van der Waals surface area (Å²) in [5.74, 6) is 0.880. The summed E-state index contributed by atoms with van der Waals surface area (Å²) in [6, 6.07) is 6.07. The summed E-state index contributed by atoms with van der Waals surface area (Å²) in [5, 5.41) is 0. The van der Waals surface area contributed by atoms with Gasteiger partial charge in [-0.15, -0.1) is 0 Å². The number of methoxy groups -OCH3 is 1. The second-order valence-corrected chi connectivity index (χ2v) is 7.71. The third-order valence-electron chi connectivity index (χ3n) is 4.43. The molecule has 0 atom stereocenters. The molecule has 0 bridgehead atoms. The third-order valence-corrected chi connectivity index (χ3v) is 5.81. The van der Waals surface area contributed by atoms with Gasteiger partial charge < -0.3 is 14.4 Å². The molecule has 1 amide bonds. The lowest BCUT2D eigenvalue weighted by atomic mass is 10.1. The third kappa shape index (κ3) is 4.23. The molecule has 0 spiro atoms. The Labute approximate surface area is 157 Å². The van der Waals surface area contributed by atoms with Gasteiger partial charge in [0.15, 0.2) is 0 Å². The van der Waals surface area contributed by atoms with E-state index < -0.39 is 0 Å². The number of nitrogens with one attached hydrogen (secondary N) is 1. The minimum Gasteiger partial charge on any atom is -0.496 e. The van der Waals surface area contributed by atoms with Gasteiger partial charge in [-0.25, -0.2) is 0 Å². The zero-order valence-corrected chi connectivity index (χ0v) is 16.2. The van der Waals surface area contributed by atoms with Crippen LogP contribution in [0.25, 0.3) is 6.08 Å². The van der Waals surface area contributed by atoms with Crippen molar-refractivity contribution < 1.29 is 19.2 Å². The predicted molar refractivity (Wildman–Crippen MR) is 104 cm³/mol. The number of amides is 1. The summed E-state index contributed by atoms with van der Waals surface area (Å²) in [6.07, 6.45) is 1.92. The molecular formula is C18H23N2O3S2+. The largest absolute Gasteiger partial charge is 0.496 e. The molecule has 2 fully saturated rings. The van der Waals surface area contributed by atoms with Crippen LogP contribution in [0.15, 0.2) is 23.1 Å². The predicted octanol–water partition coefficient (Wildman–Crippen LogP) is 1.33. The van der Waals surface area contributed by atoms with E-state index in [0.29, 0.717) is 15.8 Å². The lowest BCUT2D eigenvalue weighted by Gasteiger charge is -2.24. The summed E-state index contributed by atoms with van der Waals surface area (Å²) in [6.45, 7) is 7.05. The van der Waals surface area contributed by atoms with E-state index in [9.17, 15) is 4.79 Å². The van der Waals surface area contributed by atoms with E-state index in [0.717, 1.165) is 49.7 Å². The minimum atomic E-state index is -0.00586. The second-order valence-electron chi connectivity index (χ2n) is 6.04. The quantitative estimate of drug-likeness (QED) is 0.618. The SMILES string of the molecule is CCN1C(=O)/C(=C/c2ccc(OC)c(C[NH+]3CCOCC3)c2)SC1=S. The van der Waals surface area contributed by atoms with Gasteiger partial charge in [0.2, 0.25) is 0 Å². The fraction of sp³-hybridized carbons (Fsp3) is 0.444. The van der Waals surface area contributed by atoms with Crippen LogP contribution in [-0.4, -0.2) is 55.1 Å². The van der Waals surface area contributed by atoms with Crippen LogP contribution < -0.4 is 9.64 Å². The smallest absolute Gasteiger partial charge is 0.266 e. The fourth-order valence-corrected chi connectivity index (χ4v) is 4.44. The Balaban J connectivity index is 1.82. The first-order valence-electron chi connectivity index (χ1n) is 8.46. The van der Waals surface area contributed by atoms with Gasteiger partial charge in [-0.1, -0.05) is 30.0 Å². The first-order valence-corrected chi connectivity index (χ1v) is 9.68. The van der Waals surface area contributed by atoms with E-state index >= 15 is 0 Å². The van der Waals surface area contributed by atoms with Gasteiger partial charge in [0.05, 0.1) is 25.2 Å².